The molecule has 0 radical (unpaired) electrons. The Morgan fingerprint density at radius 1 is 1.19 bits per heavy atom. The number of piperidine rings is 1. The molecule has 0 bridgehead atoms. The van der Waals surface area contributed by atoms with Crippen LogP contribution >= 0.6 is 0 Å². The van der Waals surface area contributed by atoms with E-state index in [0.717, 1.165) is 48.3 Å². The van der Waals surface area contributed by atoms with Crippen molar-refractivity contribution >= 4 is 5.91 Å². The van der Waals surface area contributed by atoms with Crippen molar-refractivity contribution < 1.29 is 4.79 Å². The van der Waals surface area contributed by atoms with Crippen LogP contribution in [0.15, 0.2) is 61.1 Å². The van der Waals surface area contributed by atoms with E-state index in [1.165, 1.54) is 0 Å². The summed E-state index contributed by atoms with van der Waals surface area (Å²) in [7, 11) is 0. The number of likely N-dealkylation sites (tertiary alicyclic amines) is 1. The molecule has 5 heteroatoms. The molecule has 1 aliphatic heterocycles. The third kappa shape index (κ3) is 3.63. The second-order valence-electron chi connectivity index (χ2n) is 7.19. The van der Waals surface area contributed by atoms with E-state index < -0.39 is 0 Å². The Hall–Kier alpha value is -2.95. The highest BCUT2D eigenvalue weighted by Crippen LogP contribution is 2.33. The summed E-state index contributed by atoms with van der Waals surface area (Å²) >= 11 is 0. The molecule has 2 aromatic heterocycles. The fourth-order valence-electron chi connectivity index (χ4n) is 3.94. The number of H-pyrrole nitrogens is 1. The third-order valence-corrected chi connectivity index (χ3v) is 5.47. The standard InChI is InChI=1S/C22H24N4O/c1-16(17-6-3-2-4-7-17)22(27)26-13-5-8-19(15-26)21-20(14-24-25-21)18-9-11-23-12-10-18/h2-4,6-7,9-12,14,16,19H,5,8,13,15H2,1H3,(H,24,25). The molecular formula is C22H24N4O. The number of aromatic nitrogens is 3. The number of pyridine rings is 1. The van der Waals surface area contributed by atoms with Gasteiger partial charge < -0.3 is 4.90 Å². The first-order valence-corrected chi connectivity index (χ1v) is 9.51. The topological polar surface area (TPSA) is 61.9 Å². The lowest BCUT2D eigenvalue weighted by Gasteiger charge is -2.34. The molecule has 0 aliphatic carbocycles. The molecule has 27 heavy (non-hydrogen) atoms. The van der Waals surface area contributed by atoms with Gasteiger partial charge in [-0.2, -0.15) is 5.10 Å². The summed E-state index contributed by atoms with van der Waals surface area (Å²) in [5, 5.41) is 7.46. The highest BCUT2D eigenvalue weighted by molar-refractivity contribution is 5.83. The number of carbonyl (C=O) groups is 1. The Morgan fingerprint density at radius 3 is 2.74 bits per heavy atom. The van der Waals surface area contributed by atoms with Gasteiger partial charge in [-0.05, 0) is 43.0 Å². The zero-order chi connectivity index (χ0) is 18.6. The van der Waals surface area contributed by atoms with Crippen molar-refractivity contribution in [1.29, 1.82) is 0 Å². The van der Waals surface area contributed by atoms with Crippen LogP contribution in [0.3, 0.4) is 0 Å². The first-order chi connectivity index (χ1) is 13.2. The zero-order valence-electron chi connectivity index (χ0n) is 15.5. The molecule has 2 atom stereocenters. The molecule has 1 N–H and O–H groups in total. The maximum Gasteiger partial charge on any atom is 0.229 e. The van der Waals surface area contributed by atoms with Crippen LogP contribution in [0.25, 0.3) is 11.1 Å². The van der Waals surface area contributed by atoms with E-state index in [2.05, 4.69) is 15.2 Å². The number of carbonyl (C=O) groups excluding carboxylic acids is 1. The van der Waals surface area contributed by atoms with Crippen molar-refractivity contribution in [3.8, 4) is 11.1 Å². The number of hydrogen-bond donors (Lipinski definition) is 1. The Balaban J connectivity index is 1.53. The Labute approximate surface area is 159 Å². The first kappa shape index (κ1) is 17.5. The van der Waals surface area contributed by atoms with Crippen LogP contribution < -0.4 is 0 Å². The lowest BCUT2D eigenvalue weighted by Crippen LogP contribution is -2.41. The summed E-state index contributed by atoms with van der Waals surface area (Å²) in [4.78, 5) is 19.2. The minimum atomic E-state index is -0.119. The zero-order valence-corrected chi connectivity index (χ0v) is 15.5. The van der Waals surface area contributed by atoms with Gasteiger partial charge in [0, 0.05) is 42.7 Å². The van der Waals surface area contributed by atoms with Crippen LogP contribution in [0.5, 0.6) is 0 Å². The predicted molar refractivity (Wildman–Crippen MR) is 105 cm³/mol. The van der Waals surface area contributed by atoms with Crippen LogP contribution in [0.2, 0.25) is 0 Å². The number of hydrogen-bond acceptors (Lipinski definition) is 3. The molecular weight excluding hydrogens is 336 g/mol. The summed E-state index contributed by atoms with van der Waals surface area (Å²) in [6.07, 6.45) is 7.53. The van der Waals surface area contributed by atoms with Crippen LogP contribution in [0.4, 0.5) is 0 Å². The molecule has 5 nitrogen and oxygen atoms in total. The second kappa shape index (κ2) is 7.74. The predicted octanol–water partition coefficient (Wildman–Crippen LogP) is 3.98. The summed E-state index contributed by atoms with van der Waals surface area (Å²) in [5.41, 5.74) is 4.40. The summed E-state index contributed by atoms with van der Waals surface area (Å²) in [5.74, 6) is 0.360. The van der Waals surface area contributed by atoms with Gasteiger partial charge >= 0.3 is 0 Å². The Kier molecular flexibility index (Phi) is 5.01. The van der Waals surface area contributed by atoms with Crippen molar-refractivity contribution in [2.75, 3.05) is 13.1 Å². The van der Waals surface area contributed by atoms with Crippen molar-refractivity contribution in [2.45, 2.75) is 31.6 Å². The highest BCUT2D eigenvalue weighted by Gasteiger charge is 2.30. The van der Waals surface area contributed by atoms with Crippen LogP contribution in [0, 0.1) is 0 Å². The van der Waals surface area contributed by atoms with Gasteiger partial charge in [-0.15, -0.1) is 0 Å². The fraction of sp³-hybridized carbons (Fsp3) is 0.318. The number of amides is 1. The Morgan fingerprint density at radius 2 is 1.96 bits per heavy atom. The van der Waals surface area contributed by atoms with Crippen molar-refractivity contribution in [1.82, 2.24) is 20.1 Å². The van der Waals surface area contributed by atoms with Gasteiger partial charge in [0.15, 0.2) is 0 Å². The average molecular weight is 360 g/mol. The van der Waals surface area contributed by atoms with Crippen molar-refractivity contribution in [2.24, 2.45) is 0 Å². The van der Waals surface area contributed by atoms with Gasteiger partial charge in [-0.1, -0.05) is 30.3 Å². The van der Waals surface area contributed by atoms with Crippen LogP contribution in [-0.4, -0.2) is 39.1 Å². The monoisotopic (exact) mass is 360 g/mol. The largest absolute Gasteiger partial charge is 0.342 e. The lowest BCUT2D eigenvalue weighted by molar-refractivity contribution is -0.133. The van der Waals surface area contributed by atoms with E-state index in [4.69, 9.17) is 0 Å². The average Bonchev–Trinajstić information content (AvgIpc) is 3.24. The van der Waals surface area contributed by atoms with Gasteiger partial charge in [0.2, 0.25) is 5.91 Å². The van der Waals surface area contributed by atoms with E-state index in [0.29, 0.717) is 0 Å². The maximum atomic E-state index is 13.1. The molecule has 1 fully saturated rings. The van der Waals surface area contributed by atoms with Crippen molar-refractivity contribution in [3.05, 3.63) is 72.3 Å². The molecule has 1 aliphatic rings. The van der Waals surface area contributed by atoms with E-state index in [9.17, 15) is 4.79 Å². The molecule has 138 valence electrons. The Bertz CT molecular complexity index is 891. The highest BCUT2D eigenvalue weighted by atomic mass is 16.2. The first-order valence-electron chi connectivity index (χ1n) is 9.51. The SMILES string of the molecule is CC(C(=O)N1CCCC(c2[nH]ncc2-c2ccncc2)C1)c1ccccc1. The van der Waals surface area contributed by atoms with Crippen molar-refractivity contribution in [3.63, 3.8) is 0 Å². The molecule has 1 saturated heterocycles. The number of nitrogens with zero attached hydrogens (tertiary/aromatic N) is 3. The van der Waals surface area contributed by atoms with Gasteiger partial charge in [0.1, 0.15) is 0 Å². The van der Waals surface area contributed by atoms with Gasteiger partial charge in [-0.3, -0.25) is 14.9 Å². The molecule has 1 amide bonds. The minimum absolute atomic E-state index is 0.119. The molecule has 4 rings (SSSR count). The van der Waals surface area contributed by atoms with Crippen LogP contribution in [0.1, 0.15) is 42.9 Å². The number of nitrogens with one attached hydrogen (secondary N) is 1. The smallest absolute Gasteiger partial charge is 0.229 e. The molecule has 0 spiro atoms. The summed E-state index contributed by atoms with van der Waals surface area (Å²) in [6, 6.07) is 14.0. The number of benzene rings is 1. The molecule has 1 aromatic carbocycles. The molecule has 2 unspecified atom stereocenters. The summed E-state index contributed by atoms with van der Waals surface area (Å²) in [6.45, 7) is 3.56. The normalized spacial score (nSPS) is 18.3. The van der Waals surface area contributed by atoms with Crippen LogP contribution in [-0.2, 0) is 4.79 Å². The number of aromatic amines is 1. The quantitative estimate of drug-likeness (QED) is 0.765. The third-order valence-electron chi connectivity index (χ3n) is 5.47. The van der Waals surface area contributed by atoms with Gasteiger partial charge in [0.05, 0.1) is 12.1 Å². The fourth-order valence-corrected chi connectivity index (χ4v) is 3.94. The van der Waals surface area contributed by atoms with E-state index in [1.807, 2.05) is 60.5 Å². The number of rotatable bonds is 4. The van der Waals surface area contributed by atoms with Gasteiger partial charge in [0.25, 0.3) is 0 Å². The lowest BCUT2D eigenvalue weighted by atomic mass is 9.89. The second-order valence-corrected chi connectivity index (χ2v) is 7.19. The van der Waals surface area contributed by atoms with Gasteiger partial charge in [-0.25, -0.2) is 0 Å². The maximum absolute atomic E-state index is 13.1. The summed E-state index contributed by atoms with van der Waals surface area (Å²) < 4.78 is 0. The molecule has 0 saturated carbocycles. The van der Waals surface area contributed by atoms with E-state index in [1.54, 1.807) is 12.4 Å². The molecule has 3 heterocycles. The molecule has 3 aromatic rings. The minimum Gasteiger partial charge on any atom is -0.342 e. The van der Waals surface area contributed by atoms with E-state index >= 15 is 0 Å². The van der Waals surface area contributed by atoms with E-state index in [-0.39, 0.29) is 17.7 Å².